The van der Waals surface area contributed by atoms with Crippen molar-refractivity contribution in [3.05, 3.63) is 18.5 Å². The van der Waals surface area contributed by atoms with E-state index in [0.29, 0.717) is 6.54 Å². The molecule has 0 aliphatic carbocycles. The van der Waals surface area contributed by atoms with E-state index in [4.69, 9.17) is 5.11 Å². The predicted octanol–water partition coefficient (Wildman–Crippen LogP) is -0.303. The van der Waals surface area contributed by atoms with Gasteiger partial charge in [-0.05, 0) is 13.0 Å². The van der Waals surface area contributed by atoms with Crippen LogP contribution in [0.4, 0.5) is 0 Å². The van der Waals surface area contributed by atoms with Crippen molar-refractivity contribution in [2.45, 2.75) is 32.0 Å². The summed E-state index contributed by atoms with van der Waals surface area (Å²) in [5.74, 6) is -0.992. The van der Waals surface area contributed by atoms with Crippen LogP contribution in [0.1, 0.15) is 13.3 Å². The van der Waals surface area contributed by atoms with Crippen molar-refractivity contribution < 1.29 is 15.0 Å². The number of carboxylic acids is 1. The van der Waals surface area contributed by atoms with E-state index in [0.717, 1.165) is 0 Å². The highest BCUT2D eigenvalue weighted by atomic mass is 16.4. The Morgan fingerprint density at radius 3 is 2.94 bits per heavy atom. The van der Waals surface area contributed by atoms with Crippen molar-refractivity contribution in [1.29, 1.82) is 0 Å². The van der Waals surface area contributed by atoms with E-state index < -0.39 is 12.1 Å². The number of aliphatic carboxylic acids is 1. The minimum absolute atomic E-state index is 0.128. The molecule has 0 amide bonds. The Balaban J connectivity index is 2.19. The molecule has 0 saturated carbocycles. The number of hydrogen-bond acceptors (Lipinski definition) is 4. The molecule has 0 radical (unpaired) electrons. The van der Waals surface area contributed by atoms with Crippen molar-refractivity contribution in [1.82, 2.24) is 15.1 Å². The van der Waals surface area contributed by atoms with Crippen molar-refractivity contribution in [2.24, 2.45) is 0 Å². The lowest BCUT2D eigenvalue weighted by Gasteiger charge is -2.16. The van der Waals surface area contributed by atoms with Gasteiger partial charge < -0.3 is 15.5 Å². The summed E-state index contributed by atoms with van der Waals surface area (Å²) < 4.78 is 1.78. The molecule has 2 unspecified atom stereocenters. The average Bonchev–Trinajstić information content (AvgIpc) is 2.66. The summed E-state index contributed by atoms with van der Waals surface area (Å²) in [7, 11) is 0. The molecule has 3 N–H and O–H groups in total. The van der Waals surface area contributed by atoms with Gasteiger partial charge in [0.2, 0.25) is 0 Å². The molecule has 16 heavy (non-hydrogen) atoms. The Morgan fingerprint density at radius 2 is 2.38 bits per heavy atom. The molecule has 6 heteroatoms. The lowest BCUT2D eigenvalue weighted by Crippen LogP contribution is -2.37. The third kappa shape index (κ3) is 4.90. The zero-order valence-corrected chi connectivity index (χ0v) is 9.21. The Labute approximate surface area is 93.9 Å². The summed E-state index contributed by atoms with van der Waals surface area (Å²) in [5, 5.41) is 24.9. The third-order valence-electron chi connectivity index (χ3n) is 2.13. The standard InChI is InChI=1S/C10H17N3O3/c1-8(7-13-4-2-3-12-13)11-6-9(14)5-10(15)16/h2-4,8-9,11,14H,5-7H2,1H3,(H,15,16). The van der Waals surface area contributed by atoms with Crippen molar-refractivity contribution in [3.63, 3.8) is 0 Å². The van der Waals surface area contributed by atoms with Crippen molar-refractivity contribution in [2.75, 3.05) is 6.54 Å². The molecule has 0 spiro atoms. The summed E-state index contributed by atoms with van der Waals surface area (Å²) in [6.07, 6.45) is 2.47. The number of carboxylic acid groups (broad SMARTS) is 1. The minimum Gasteiger partial charge on any atom is -0.481 e. The van der Waals surface area contributed by atoms with E-state index >= 15 is 0 Å². The molecule has 0 bridgehead atoms. The second kappa shape index (κ2) is 6.24. The third-order valence-corrected chi connectivity index (χ3v) is 2.13. The van der Waals surface area contributed by atoms with Gasteiger partial charge in [0.25, 0.3) is 0 Å². The van der Waals surface area contributed by atoms with Gasteiger partial charge in [0.05, 0.1) is 19.1 Å². The van der Waals surface area contributed by atoms with E-state index in [9.17, 15) is 9.90 Å². The van der Waals surface area contributed by atoms with E-state index in [1.54, 1.807) is 10.9 Å². The molecule has 6 nitrogen and oxygen atoms in total. The first-order chi connectivity index (χ1) is 7.58. The van der Waals surface area contributed by atoms with E-state index in [2.05, 4.69) is 10.4 Å². The summed E-state index contributed by atoms with van der Waals surface area (Å²) >= 11 is 0. The normalized spacial score (nSPS) is 14.6. The Kier molecular flexibility index (Phi) is 4.94. The van der Waals surface area contributed by atoms with Gasteiger partial charge in [0.1, 0.15) is 0 Å². The Morgan fingerprint density at radius 1 is 1.62 bits per heavy atom. The zero-order chi connectivity index (χ0) is 12.0. The van der Waals surface area contributed by atoms with Gasteiger partial charge in [-0.25, -0.2) is 0 Å². The van der Waals surface area contributed by atoms with Crippen LogP contribution in [-0.4, -0.2) is 44.7 Å². The topological polar surface area (TPSA) is 87.4 Å². The fourth-order valence-electron chi connectivity index (χ4n) is 1.36. The SMILES string of the molecule is CC(Cn1cccn1)NCC(O)CC(=O)O. The maximum Gasteiger partial charge on any atom is 0.306 e. The number of nitrogens with one attached hydrogen (secondary N) is 1. The lowest BCUT2D eigenvalue weighted by atomic mass is 10.2. The number of rotatable bonds is 7. The van der Waals surface area contributed by atoms with E-state index in [-0.39, 0.29) is 19.0 Å². The molecule has 90 valence electrons. The lowest BCUT2D eigenvalue weighted by molar-refractivity contribution is -0.139. The van der Waals surface area contributed by atoms with Gasteiger partial charge in [-0.3, -0.25) is 9.48 Å². The quantitative estimate of drug-likeness (QED) is 0.595. The van der Waals surface area contributed by atoms with Crippen molar-refractivity contribution >= 4 is 5.97 Å². The molecule has 0 fully saturated rings. The molecule has 1 rings (SSSR count). The Bertz CT molecular complexity index is 313. The number of hydrogen-bond donors (Lipinski definition) is 3. The van der Waals surface area contributed by atoms with Crippen LogP contribution in [0.15, 0.2) is 18.5 Å². The highest BCUT2D eigenvalue weighted by molar-refractivity contribution is 5.67. The van der Waals surface area contributed by atoms with Crippen molar-refractivity contribution in [3.8, 4) is 0 Å². The van der Waals surface area contributed by atoms with Gasteiger partial charge >= 0.3 is 5.97 Å². The molecule has 0 aliphatic heterocycles. The second-order valence-corrected chi connectivity index (χ2v) is 3.79. The van der Waals surface area contributed by atoms with Crippen LogP contribution < -0.4 is 5.32 Å². The fraction of sp³-hybridized carbons (Fsp3) is 0.600. The first-order valence-electron chi connectivity index (χ1n) is 5.18. The molecule has 1 aromatic rings. The average molecular weight is 227 g/mol. The van der Waals surface area contributed by atoms with Gasteiger partial charge in [-0.15, -0.1) is 0 Å². The van der Waals surface area contributed by atoms with Crippen LogP contribution in [0.5, 0.6) is 0 Å². The molecule has 0 aromatic carbocycles. The highest BCUT2D eigenvalue weighted by Gasteiger charge is 2.10. The second-order valence-electron chi connectivity index (χ2n) is 3.79. The van der Waals surface area contributed by atoms with E-state index in [1.807, 2.05) is 19.2 Å². The molecular weight excluding hydrogens is 210 g/mol. The largest absolute Gasteiger partial charge is 0.481 e. The van der Waals surface area contributed by atoms with Gasteiger partial charge in [-0.1, -0.05) is 0 Å². The van der Waals surface area contributed by atoms with Crippen LogP contribution in [0.25, 0.3) is 0 Å². The molecule has 1 heterocycles. The van der Waals surface area contributed by atoms with Crippen LogP contribution in [-0.2, 0) is 11.3 Å². The number of carbonyl (C=O) groups is 1. The molecule has 0 aliphatic rings. The summed E-state index contributed by atoms with van der Waals surface area (Å²) in [6.45, 7) is 2.91. The summed E-state index contributed by atoms with van der Waals surface area (Å²) in [5.41, 5.74) is 0. The monoisotopic (exact) mass is 227 g/mol. The zero-order valence-electron chi connectivity index (χ0n) is 9.21. The van der Waals surface area contributed by atoms with Crippen LogP contribution in [0.2, 0.25) is 0 Å². The van der Waals surface area contributed by atoms with Crippen LogP contribution >= 0.6 is 0 Å². The molecule has 0 saturated heterocycles. The maximum absolute atomic E-state index is 10.3. The number of aliphatic hydroxyl groups is 1. The highest BCUT2D eigenvalue weighted by Crippen LogP contribution is 1.93. The number of aromatic nitrogens is 2. The molecular formula is C10H17N3O3. The van der Waals surface area contributed by atoms with Gasteiger partial charge in [-0.2, -0.15) is 5.10 Å². The maximum atomic E-state index is 10.3. The smallest absolute Gasteiger partial charge is 0.306 e. The van der Waals surface area contributed by atoms with E-state index in [1.165, 1.54) is 0 Å². The van der Waals surface area contributed by atoms with Gasteiger partial charge in [0, 0.05) is 25.0 Å². The first-order valence-corrected chi connectivity index (χ1v) is 5.18. The first kappa shape index (κ1) is 12.7. The summed E-state index contributed by atoms with van der Waals surface area (Å²) in [6, 6.07) is 1.97. The van der Waals surface area contributed by atoms with Crippen LogP contribution in [0.3, 0.4) is 0 Å². The predicted molar refractivity (Wildman–Crippen MR) is 58.0 cm³/mol. The minimum atomic E-state index is -0.992. The summed E-state index contributed by atoms with van der Waals surface area (Å²) in [4.78, 5) is 10.3. The molecule has 2 atom stereocenters. The Hall–Kier alpha value is -1.40. The molecule has 1 aromatic heterocycles. The van der Waals surface area contributed by atoms with Gasteiger partial charge in [0.15, 0.2) is 0 Å². The number of nitrogens with zero attached hydrogens (tertiary/aromatic N) is 2. The van der Waals surface area contributed by atoms with Crippen LogP contribution in [0, 0.1) is 0 Å². The number of aliphatic hydroxyl groups excluding tert-OH is 1. The fourth-order valence-corrected chi connectivity index (χ4v) is 1.36.